The summed E-state index contributed by atoms with van der Waals surface area (Å²) in [6.45, 7) is 19.2. The molecule has 8 aliphatic carbocycles. The van der Waals surface area contributed by atoms with E-state index in [2.05, 4.69) is 201 Å². The summed E-state index contributed by atoms with van der Waals surface area (Å²) in [4.78, 5) is 14.4. The molecule has 9 aliphatic rings. The quantitative estimate of drug-likeness (QED) is 0.162. The van der Waals surface area contributed by atoms with Crippen LogP contribution in [0.2, 0.25) is 0 Å². The Hall–Kier alpha value is -7.03. The van der Waals surface area contributed by atoms with Gasteiger partial charge < -0.3 is 4.74 Å². The molecule has 71 heavy (non-hydrogen) atoms. The van der Waals surface area contributed by atoms with E-state index < -0.39 is 12.0 Å². The molecule has 0 radical (unpaired) electrons. The zero-order valence-electron chi connectivity index (χ0n) is 42.2. The fourth-order valence-electron chi connectivity index (χ4n) is 15.2. The predicted molar refractivity (Wildman–Crippen MR) is 294 cm³/mol. The summed E-state index contributed by atoms with van der Waals surface area (Å²) < 4.78 is 6.51. The van der Waals surface area contributed by atoms with Crippen molar-refractivity contribution in [3.63, 3.8) is 0 Å². The van der Waals surface area contributed by atoms with Crippen LogP contribution in [0.5, 0.6) is 0 Å². The summed E-state index contributed by atoms with van der Waals surface area (Å²) in [5.74, 6) is -0.681. The molecule has 1 heterocycles. The number of allylic oxidation sites excluding steroid dienone is 13. The first-order chi connectivity index (χ1) is 34.1. The first-order valence-electron chi connectivity index (χ1n) is 26.2. The summed E-state index contributed by atoms with van der Waals surface area (Å²) >= 11 is 0. The summed E-state index contributed by atoms with van der Waals surface area (Å²) in [7, 11) is 0. The Morgan fingerprint density at radius 3 is 1.37 bits per heavy atom. The average molecular weight is 919 g/mol. The molecule has 0 N–H and O–H groups in total. The molecule has 2 unspecified atom stereocenters. The van der Waals surface area contributed by atoms with Gasteiger partial charge in [0.2, 0.25) is 0 Å². The minimum atomic E-state index is -0.488. The van der Waals surface area contributed by atoms with Crippen LogP contribution in [0.1, 0.15) is 137 Å². The molecule has 1 aliphatic heterocycles. The van der Waals surface area contributed by atoms with Gasteiger partial charge >= 0.3 is 5.97 Å². The third-order valence-corrected chi connectivity index (χ3v) is 19.0. The Bertz CT molecular complexity index is 3900. The summed E-state index contributed by atoms with van der Waals surface area (Å²) in [6.07, 6.45) is 26.8. The highest BCUT2D eigenvalue weighted by molar-refractivity contribution is 6.11. The molecular formula is C69H58O2. The number of carbonyl (C=O) groups excluding carboxylic acids is 1. The summed E-state index contributed by atoms with van der Waals surface area (Å²) in [5.41, 5.74) is 29.0. The highest BCUT2D eigenvalue weighted by Gasteiger charge is 2.46. The van der Waals surface area contributed by atoms with Crippen LogP contribution in [0.4, 0.5) is 0 Å². The molecule has 0 bridgehead atoms. The first-order valence-corrected chi connectivity index (χ1v) is 26.2. The molecule has 6 aromatic rings. The molecule has 2 atom stereocenters. The minimum Gasteiger partial charge on any atom is -0.452 e. The molecule has 0 amide bonds. The van der Waals surface area contributed by atoms with Gasteiger partial charge in [0.1, 0.15) is 12.0 Å². The van der Waals surface area contributed by atoms with E-state index in [1.807, 2.05) is 0 Å². The summed E-state index contributed by atoms with van der Waals surface area (Å²) in [6, 6.07) is 32.9. The van der Waals surface area contributed by atoms with Crippen molar-refractivity contribution in [2.24, 2.45) is 5.92 Å². The monoisotopic (exact) mass is 918 g/mol. The third-order valence-electron chi connectivity index (χ3n) is 19.0. The van der Waals surface area contributed by atoms with E-state index >= 15 is 0 Å². The van der Waals surface area contributed by atoms with E-state index in [1.165, 1.54) is 122 Å². The van der Waals surface area contributed by atoms with Crippen molar-refractivity contribution in [3.05, 3.63) is 224 Å². The molecule has 0 fully saturated rings. The van der Waals surface area contributed by atoms with Crippen LogP contribution in [0.25, 0.3) is 66.1 Å². The van der Waals surface area contributed by atoms with Gasteiger partial charge in [-0.25, -0.2) is 0 Å². The van der Waals surface area contributed by atoms with Crippen molar-refractivity contribution in [2.45, 2.75) is 109 Å². The highest BCUT2D eigenvalue weighted by atomic mass is 16.5. The SMILES string of the molecule is CC1(C)C2=C(CCC=C2)c2cc3c(cc21)-c1c(cc(C2=CC4OC(=O)C5C=C(c6cc7c(c8ccccc68)-c6cc8c(cc6C7(C)C)C6=C(C=CCC6)C8(C)C)C=CC5=C4C=C2)c2ccccc12)C3(C)C. The van der Waals surface area contributed by atoms with Crippen LogP contribution in [-0.4, -0.2) is 12.1 Å². The molecule has 15 rings (SSSR count). The lowest BCUT2D eigenvalue weighted by molar-refractivity contribution is -0.148. The van der Waals surface area contributed by atoms with Gasteiger partial charge in [0.05, 0.1) is 0 Å². The Labute approximate surface area is 417 Å². The highest BCUT2D eigenvalue weighted by Crippen LogP contribution is 2.60. The Morgan fingerprint density at radius 1 is 0.437 bits per heavy atom. The van der Waals surface area contributed by atoms with E-state index in [0.29, 0.717) is 0 Å². The van der Waals surface area contributed by atoms with Crippen LogP contribution in [-0.2, 0) is 31.2 Å². The van der Waals surface area contributed by atoms with Gasteiger partial charge in [0, 0.05) is 27.2 Å². The second-order valence-corrected chi connectivity index (χ2v) is 24.0. The number of hydrogen-bond donors (Lipinski definition) is 0. The number of esters is 1. The zero-order chi connectivity index (χ0) is 48.2. The van der Waals surface area contributed by atoms with Gasteiger partial charge in [0.25, 0.3) is 0 Å². The van der Waals surface area contributed by atoms with Crippen LogP contribution < -0.4 is 0 Å². The van der Waals surface area contributed by atoms with Gasteiger partial charge in [0.15, 0.2) is 0 Å². The standard InChI is InChI=1S/C69H58O2/c1-66(2)54-23-15-13-19-42(54)49-33-58-52(35-56(49)66)63-45-21-11-9-17-39(45)47(31-60(63)68(58,5)6)37-25-27-41-44-28-26-38(30-62(44)71-65(70)51(41)29-37)48-32-61-64(46-22-12-10-18-40(46)48)53-36-57-50(34-59(53)69(61,7)8)43-20-14-16-24-55(43)67(57,3)4/h9-12,15-18,21-36,51,62H,13-14,19-20H2,1-8H3. The Morgan fingerprint density at radius 2 is 0.859 bits per heavy atom. The first kappa shape index (κ1) is 41.7. The summed E-state index contributed by atoms with van der Waals surface area (Å²) in [5, 5.41) is 4.98. The second-order valence-electron chi connectivity index (χ2n) is 24.0. The van der Waals surface area contributed by atoms with Crippen LogP contribution >= 0.6 is 0 Å². The van der Waals surface area contributed by atoms with Crippen molar-refractivity contribution >= 4 is 49.8 Å². The fraction of sp³-hybridized carbons (Fsp3) is 0.261. The molecule has 0 aromatic heterocycles. The molecule has 2 heteroatoms. The third kappa shape index (κ3) is 5.26. The van der Waals surface area contributed by atoms with Gasteiger partial charge in [-0.05, 0) is 207 Å². The number of hydrogen-bond acceptors (Lipinski definition) is 2. The van der Waals surface area contributed by atoms with Gasteiger partial charge in [-0.2, -0.15) is 0 Å². The lowest BCUT2D eigenvalue weighted by Crippen LogP contribution is -2.33. The zero-order valence-corrected chi connectivity index (χ0v) is 42.2. The van der Waals surface area contributed by atoms with E-state index in [1.54, 1.807) is 0 Å². The van der Waals surface area contributed by atoms with Crippen molar-refractivity contribution in [3.8, 4) is 22.3 Å². The molecule has 0 spiro atoms. The topological polar surface area (TPSA) is 26.3 Å². The Kier molecular flexibility index (Phi) is 8.04. The largest absolute Gasteiger partial charge is 0.452 e. The van der Waals surface area contributed by atoms with Gasteiger partial charge in [-0.3, -0.25) is 4.79 Å². The molecule has 2 nitrogen and oxygen atoms in total. The average Bonchev–Trinajstić information content (AvgIpc) is 3.94. The van der Waals surface area contributed by atoms with Crippen LogP contribution in [0.3, 0.4) is 0 Å². The van der Waals surface area contributed by atoms with Crippen molar-refractivity contribution in [1.29, 1.82) is 0 Å². The maximum atomic E-state index is 14.4. The van der Waals surface area contributed by atoms with Crippen molar-refractivity contribution in [1.82, 2.24) is 0 Å². The lowest BCUT2D eigenvalue weighted by Gasteiger charge is -2.33. The number of fused-ring (bicyclic) bond motifs is 16. The number of rotatable bonds is 2. The predicted octanol–water partition coefficient (Wildman–Crippen LogP) is 16.8. The lowest BCUT2D eigenvalue weighted by atomic mass is 9.77. The molecule has 0 saturated carbocycles. The van der Waals surface area contributed by atoms with Gasteiger partial charge in [-0.1, -0.05) is 159 Å². The number of benzene rings is 6. The molecule has 6 aromatic carbocycles. The minimum absolute atomic E-state index is 0.0284. The maximum absolute atomic E-state index is 14.4. The molecule has 346 valence electrons. The van der Waals surface area contributed by atoms with Crippen LogP contribution in [0, 0.1) is 5.92 Å². The number of carbonyl (C=O) groups is 1. The van der Waals surface area contributed by atoms with Crippen LogP contribution in [0.15, 0.2) is 168 Å². The Balaban J connectivity index is 0.798. The van der Waals surface area contributed by atoms with E-state index in [9.17, 15) is 4.79 Å². The van der Waals surface area contributed by atoms with E-state index in [4.69, 9.17) is 4.74 Å². The smallest absolute Gasteiger partial charge is 0.318 e. The number of ether oxygens (including phenoxy) is 1. The van der Waals surface area contributed by atoms with E-state index in [-0.39, 0.29) is 27.6 Å². The second kappa shape index (κ2) is 13.7. The normalized spacial score (nSPS) is 23.4. The fourth-order valence-corrected chi connectivity index (χ4v) is 15.2. The maximum Gasteiger partial charge on any atom is 0.318 e. The van der Waals surface area contributed by atoms with Crippen molar-refractivity contribution < 1.29 is 9.53 Å². The molecular weight excluding hydrogens is 861 g/mol. The van der Waals surface area contributed by atoms with E-state index in [0.717, 1.165) is 48.0 Å². The van der Waals surface area contributed by atoms with Crippen molar-refractivity contribution in [2.75, 3.05) is 0 Å². The van der Waals surface area contributed by atoms with Gasteiger partial charge in [-0.15, -0.1) is 0 Å². The molecule has 0 saturated heterocycles.